The SMILES string of the molecule is CCCOc1ccc(C(C#N)NCC(F)(F)F)cc1. The summed E-state index contributed by atoms with van der Waals surface area (Å²) in [5.74, 6) is 0.637. The molecule has 1 rings (SSSR count). The molecule has 1 atom stereocenters. The van der Waals surface area contributed by atoms with Crippen molar-refractivity contribution in [2.75, 3.05) is 13.2 Å². The lowest BCUT2D eigenvalue weighted by Gasteiger charge is -2.14. The van der Waals surface area contributed by atoms with Crippen LogP contribution in [0, 0.1) is 11.3 Å². The summed E-state index contributed by atoms with van der Waals surface area (Å²) in [6.07, 6.45) is -3.46. The second kappa shape index (κ2) is 7.00. The molecule has 0 fully saturated rings. The van der Waals surface area contributed by atoms with Crippen LogP contribution in [0.4, 0.5) is 13.2 Å². The van der Waals surface area contributed by atoms with Gasteiger partial charge >= 0.3 is 6.18 Å². The molecule has 0 aromatic heterocycles. The van der Waals surface area contributed by atoms with Crippen LogP contribution in [0.25, 0.3) is 0 Å². The molecule has 0 aliphatic heterocycles. The van der Waals surface area contributed by atoms with E-state index in [1.807, 2.05) is 6.92 Å². The summed E-state index contributed by atoms with van der Waals surface area (Å²) >= 11 is 0. The Morgan fingerprint density at radius 1 is 1.32 bits per heavy atom. The Morgan fingerprint density at radius 3 is 2.42 bits per heavy atom. The van der Waals surface area contributed by atoms with Crippen LogP contribution in [0.3, 0.4) is 0 Å². The molecule has 19 heavy (non-hydrogen) atoms. The monoisotopic (exact) mass is 272 g/mol. The Balaban J connectivity index is 2.64. The summed E-state index contributed by atoms with van der Waals surface area (Å²) in [6, 6.07) is 7.28. The van der Waals surface area contributed by atoms with Crippen molar-refractivity contribution in [1.29, 1.82) is 5.26 Å². The highest BCUT2D eigenvalue weighted by Gasteiger charge is 2.28. The molecular weight excluding hydrogens is 257 g/mol. The molecule has 0 heterocycles. The molecule has 0 aliphatic carbocycles. The van der Waals surface area contributed by atoms with E-state index in [1.165, 1.54) is 0 Å². The van der Waals surface area contributed by atoms with Gasteiger partial charge in [-0.25, -0.2) is 0 Å². The van der Waals surface area contributed by atoms with Crippen LogP contribution >= 0.6 is 0 Å². The molecule has 3 nitrogen and oxygen atoms in total. The minimum Gasteiger partial charge on any atom is -0.494 e. The van der Waals surface area contributed by atoms with Crippen LogP contribution in [0.15, 0.2) is 24.3 Å². The zero-order chi connectivity index (χ0) is 14.3. The first kappa shape index (κ1) is 15.3. The summed E-state index contributed by atoms with van der Waals surface area (Å²) in [5, 5.41) is 11.0. The van der Waals surface area contributed by atoms with Crippen molar-refractivity contribution < 1.29 is 17.9 Å². The number of benzene rings is 1. The highest BCUT2D eigenvalue weighted by molar-refractivity contribution is 5.31. The van der Waals surface area contributed by atoms with E-state index in [0.29, 0.717) is 17.9 Å². The first-order valence-corrected chi connectivity index (χ1v) is 5.88. The predicted octanol–water partition coefficient (Wildman–Crippen LogP) is 3.19. The number of nitrogens with one attached hydrogen (secondary N) is 1. The summed E-state index contributed by atoms with van der Waals surface area (Å²) in [5.41, 5.74) is 0.482. The molecule has 0 saturated heterocycles. The van der Waals surface area contributed by atoms with E-state index in [4.69, 9.17) is 10.00 Å². The van der Waals surface area contributed by atoms with Gasteiger partial charge in [-0.1, -0.05) is 19.1 Å². The first-order chi connectivity index (χ1) is 8.96. The number of ether oxygens (including phenoxy) is 1. The average Bonchev–Trinajstić information content (AvgIpc) is 2.37. The van der Waals surface area contributed by atoms with Crippen LogP contribution in [0.5, 0.6) is 5.75 Å². The fourth-order valence-corrected chi connectivity index (χ4v) is 1.43. The highest BCUT2D eigenvalue weighted by atomic mass is 19.4. The quantitative estimate of drug-likeness (QED) is 0.865. The lowest BCUT2D eigenvalue weighted by atomic mass is 10.1. The highest BCUT2D eigenvalue weighted by Crippen LogP contribution is 2.20. The number of hydrogen-bond acceptors (Lipinski definition) is 3. The summed E-state index contributed by atoms with van der Waals surface area (Å²) < 4.78 is 41.6. The molecule has 1 N–H and O–H groups in total. The Kier molecular flexibility index (Phi) is 5.64. The van der Waals surface area contributed by atoms with Crippen LogP contribution in [-0.4, -0.2) is 19.3 Å². The minimum absolute atomic E-state index is 0.482. The number of hydrogen-bond donors (Lipinski definition) is 1. The molecule has 6 heteroatoms. The van der Waals surface area contributed by atoms with Gasteiger partial charge in [0.2, 0.25) is 0 Å². The van der Waals surface area contributed by atoms with E-state index < -0.39 is 18.8 Å². The summed E-state index contributed by atoms with van der Waals surface area (Å²) in [6.45, 7) is 1.35. The maximum absolute atomic E-state index is 12.1. The van der Waals surface area contributed by atoms with E-state index in [2.05, 4.69) is 5.32 Å². The van der Waals surface area contributed by atoms with Crippen LogP contribution in [0.1, 0.15) is 24.9 Å². The van der Waals surface area contributed by atoms with Crippen molar-refractivity contribution in [3.63, 3.8) is 0 Å². The van der Waals surface area contributed by atoms with Gasteiger partial charge in [-0.15, -0.1) is 0 Å². The number of nitriles is 1. The summed E-state index contributed by atoms with van der Waals surface area (Å²) in [4.78, 5) is 0. The van der Waals surface area contributed by atoms with Gasteiger partial charge in [0.05, 0.1) is 19.2 Å². The van der Waals surface area contributed by atoms with E-state index >= 15 is 0 Å². The molecule has 0 amide bonds. The lowest BCUT2D eigenvalue weighted by Crippen LogP contribution is -2.31. The average molecular weight is 272 g/mol. The number of alkyl halides is 3. The molecule has 0 radical (unpaired) electrons. The van der Waals surface area contributed by atoms with Crippen LogP contribution in [-0.2, 0) is 0 Å². The fourth-order valence-electron chi connectivity index (χ4n) is 1.43. The Morgan fingerprint density at radius 2 is 1.95 bits per heavy atom. The Bertz CT molecular complexity index is 423. The molecule has 0 bridgehead atoms. The lowest BCUT2D eigenvalue weighted by molar-refractivity contribution is -0.125. The second-order valence-corrected chi connectivity index (χ2v) is 3.98. The topological polar surface area (TPSA) is 45.0 Å². The smallest absolute Gasteiger partial charge is 0.401 e. The standard InChI is InChI=1S/C13H15F3N2O/c1-2-7-19-11-5-3-10(4-6-11)12(8-17)18-9-13(14,15)16/h3-6,12,18H,2,7,9H2,1H3. The zero-order valence-electron chi connectivity index (χ0n) is 10.5. The van der Waals surface area contributed by atoms with Gasteiger partial charge in [0.15, 0.2) is 0 Å². The van der Waals surface area contributed by atoms with Crippen molar-refractivity contribution in [2.45, 2.75) is 25.6 Å². The van der Waals surface area contributed by atoms with E-state index in [0.717, 1.165) is 6.42 Å². The van der Waals surface area contributed by atoms with Gasteiger partial charge < -0.3 is 4.74 Å². The van der Waals surface area contributed by atoms with Crippen molar-refractivity contribution in [2.24, 2.45) is 0 Å². The fraction of sp³-hybridized carbons (Fsp3) is 0.462. The maximum Gasteiger partial charge on any atom is 0.401 e. The molecule has 0 aliphatic rings. The van der Waals surface area contributed by atoms with Gasteiger partial charge in [-0.2, -0.15) is 18.4 Å². The molecule has 1 aromatic carbocycles. The van der Waals surface area contributed by atoms with E-state index in [1.54, 1.807) is 30.3 Å². The van der Waals surface area contributed by atoms with Gasteiger partial charge in [0.25, 0.3) is 0 Å². The van der Waals surface area contributed by atoms with Crippen molar-refractivity contribution >= 4 is 0 Å². The molecule has 1 unspecified atom stereocenters. The van der Waals surface area contributed by atoms with Gasteiger partial charge in [0, 0.05) is 0 Å². The summed E-state index contributed by atoms with van der Waals surface area (Å²) in [7, 11) is 0. The Hall–Kier alpha value is -1.74. The van der Waals surface area contributed by atoms with E-state index in [9.17, 15) is 13.2 Å². The number of halogens is 3. The van der Waals surface area contributed by atoms with Gasteiger partial charge in [0.1, 0.15) is 11.8 Å². The van der Waals surface area contributed by atoms with Crippen molar-refractivity contribution in [3.05, 3.63) is 29.8 Å². The largest absolute Gasteiger partial charge is 0.494 e. The first-order valence-electron chi connectivity index (χ1n) is 5.88. The van der Waals surface area contributed by atoms with E-state index in [-0.39, 0.29) is 0 Å². The minimum atomic E-state index is -4.33. The molecular formula is C13H15F3N2O. The third-order valence-electron chi connectivity index (χ3n) is 2.32. The normalized spacial score (nSPS) is 12.8. The third-order valence-corrected chi connectivity index (χ3v) is 2.32. The molecule has 0 spiro atoms. The van der Waals surface area contributed by atoms with Gasteiger partial charge in [-0.05, 0) is 24.1 Å². The van der Waals surface area contributed by atoms with Crippen molar-refractivity contribution in [3.8, 4) is 11.8 Å². The second-order valence-electron chi connectivity index (χ2n) is 3.98. The number of rotatable bonds is 6. The predicted molar refractivity (Wildman–Crippen MR) is 64.6 cm³/mol. The molecule has 1 aromatic rings. The maximum atomic E-state index is 12.1. The van der Waals surface area contributed by atoms with Crippen LogP contribution < -0.4 is 10.1 Å². The Labute approximate surface area is 110 Å². The van der Waals surface area contributed by atoms with Gasteiger partial charge in [-0.3, -0.25) is 5.32 Å². The van der Waals surface area contributed by atoms with Crippen molar-refractivity contribution in [1.82, 2.24) is 5.32 Å². The zero-order valence-corrected chi connectivity index (χ0v) is 10.5. The third kappa shape index (κ3) is 5.62. The van der Waals surface area contributed by atoms with Crippen LogP contribution in [0.2, 0.25) is 0 Å². The number of nitrogens with zero attached hydrogens (tertiary/aromatic N) is 1. The molecule has 0 saturated carbocycles. The molecule has 104 valence electrons.